The van der Waals surface area contributed by atoms with E-state index in [9.17, 15) is 9.59 Å². The molecule has 4 N–H and O–H groups in total. The molecule has 0 spiro atoms. The number of nitrogens with one attached hydrogen (secondary N) is 4. The van der Waals surface area contributed by atoms with Crippen LogP contribution in [0, 0.1) is 6.92 Å². The molecule has 0 saturated heterocycles. The lowest BCUT2D eigenvalue weighted by molar-refractivity contribution is 1.02. The van der Waals surface area contributed by atoms with Crippen LogP contribution in [0.4, 0.5) is 5.69 Å². The lowest BCUT2D eigenvalue weighted by atomic mass is 10.2. The van der Waals surface area contributed by atoms with Crippen molar-refractivity contribution in [3.8, 4) is 0 Å². The molecule has 0 aliphatic carbocycles. The van der Waals surface area contributed by atoms with Gasteiger partial charge in [0.25, 0.3) is 5.56 Å². The standard InChI is InChI=1S/C13H13N5O2S/c1-8-3-2-4-10(5-8)16-13(21)18-15-7-9-6-14-12(20)17-11(9)19/h2-7H,1H3,(H2,16,18,21)(H2,14,17,19,20)/b15-7+. The van der Waals surface area contributed by atoms with E-state index in [-0.39, 0.29) is 10.7 Å². The van der Waals surface area contributed by atoms with Crippen LogP contribution in [0.15, 0.2) is 45.2 Å². The van der Waals surface area contributed by atoms with Crippen LogP contribution < -0.4 is 22.0 Å². The van der Waals surface area contributed by atoms with Gasteiger partial charge in [-0.25, -0.2) is 4.79 Å². The molecule has 1 aromatic carbocycles. The van der Waals surface area contributed by atoms with Gasteiger partial charge in [-0.15, -0.1) is 0 Å². The molecular formula is C13H13N5O2S. The molecule has 7 nitrogen and oxygen atoms in total. The van der Waals surface area contributed by atoms with Gasteiger partial charge in [0.2, 0.25) is 0 Å². The Hall–Kier alpha value is -2.74. The summed E-state index contributed by atoms with van der Waals surface area (Å²) in [5, 5.41) is 7.07. The van der Waals surface area contributed by atoms with Gasteiger partial charge >= 0.3 is 5.69 Å². The normalized spacial score (nSPS) is 10.5. The summed E-state index contributed by atoms with van der Waals surface area (Å²) >= 11 is 5.07. The van der Waals surface area contributed by atoms with Crippen LogP contribution in [-0.2, 0) is 0 Å². The van der Waals surface area contributed by atoms with Crippen LogP contribution in [0.1, 0.15) is 11.1 Å². The molecule has 1 aromatic heterocycles. The summed E-state index contributed by atoms with van der Waals surface area (Å²) in [6.45, 7) is 1.97. The number of H-pyrrole nitrogens is 2. The molecule has 0 amide bonds. The number of hydrogen-bond acceptors (Lipinski definition) is 4. The largest absolute Gasteiger partial charge is 0.331 e. The molecule has 0 saturated carbocycles. The highest BCUT2D eigenvalue weighted by atomic mass is 32.1. The van der Waals surface area contributed by atoms with E-state index in [0.717, 1.165) is 11.3 Å². The number of anilines is 1. The van der Waals surface area contributed by atoms with Gasteiger partial charge in [-0.2, -0.15) is 5.10 Å². The average molecular weight is 303 g/mol. The lowest BCUT2D eigenvalue weighted by Crippen LogP contribution is -2.26. The topological polar surface area (TPSA) is 102 Å². The van der Waals surface area contributed by atoms with Crippen molar-refractivity contribution in [3.63, 3.8) is 0 Å². The van der Waals surface area contributed by atoms with Crippen LogP contribution in [0.5, 0.6) is 0 Å². The van der Waals surface area contributed by atoms with Gasteiger partial charge in [0.05, 0.1) is 11.8 Å². The molecule has 0 fully saturated rings. The second-order valence-electron chi connectivity index (χ2n) is 4.22. The Bertz CT molecular complexity index is 793. The van der Waals surface area contributed by atoms with Crippen molar-refractivity contribution in [1.29, 1.82) is 0 Å². The minimum absolute atomic E-state index is 0.209. The Kier molecular flexibility index (Phi) is 4.62. The van der Waals surface area contributed by atoms with E-state index in [1.54, 1.807) is 0 Å². The zero-order valence-corrected chi connectivity index (χ0v) is 12.0. The fourth-order valence-corrected chi connectivity index (χ4v) is 1.73. The summed E-state index contributed by atoms with van der Waals surface area (Å²) in [6, 6.07) is 7.69. The number of benzene rings is 1. The molecule has 108 valence electrons. The molecule has 0 bridgehead atoms. The van der Waals surface area contributed by atoms with Gasteiger partial charge in [0, 0.05) is 11.9 Å². The Balaban J connectivity index is 1.96. The summed E-state index contributed by atoms with van der Waals surface area (Å²) < 4.78 is 0. The average Bonchev–Trinajstić information content (AvgIpc) is 2.41. The summed E-state index contributed by atoms with van der Waals surface area (Å²) in [5.74, 6) is 0. The molecule has 1 heterocycles. The number of hydrazone groups is 1. The fourth-order valence-electron chi connectivity index (χ4n) is 1.56. The minimum Gasteiger partial charge on any atom is -0.331 e. The molecule has 0 atom stereocenters. The van der Waals surface area contributed by atoms with Gasteiger partial charge < -0.3 is 10.3 Å². The summed E-state index contributed by atoms with van der Waals surface area (Å²) in [7, 11) is 0. The molecule has 0 radical (unpaired) electrons. The smallest absolute Gasteiger partial charge is 0.325 e. The number of nitrogens with zero attached hydrogens (tertiary/aromatic N) is 1. The number of thiocarbonyl (C=S) groups is 1. The van der Waals surface area contributed by atoms with Crippen molar-refractivity contribution in [3.05, 3.63) is 62.4 Å². The molecule has 0 aliphatic rings. The third kappa shape index (κ3) is 4.39. The Morgan fingerprint density at radius 1 is 1.38 bits per heavy atom. The second-order valence-corrected chi connectivity index (χ2v) is 4.63. The van der Waals surface area contributed by atoms with E-state index in [0.29, 0.717) is 0 Å². The minimum atomic E-state index is -0.568. The van der Waals surface area contributed by atoms with E-state index in [1.165, 1.54) is 12.4 Å². The maximum atomic E-state index is 11.4. The first-order valence-electron chi connectivity index (χ1n) is 6.03. The fraction of sp³-hybridized carbons (Fsp3) is 0.0769. The van der Waals surface area contributed by atoms with Crippen LogP contribution in [0.3, 0.4) is 0 Å². The first kappa shape index (κ1) is 14.7. The lowest BCUT2D eigenvalue weighted by Gasteiger charge is -2.07. The predicted octanol–water partition coefficient (Wildman–Crippen LogP) is 0.692. The van der Waals surface area contributed by atoms with Crippen molar-refractivity contribution < 1.29 is 0 Å². The molecule has 21 heavy (non-hydrogen) atoms. The second kappa shape index (κ2) is 6.62. The van der Waals surface area contributed by atoms with Crippen molar-refractivity contribution in [2.45, 2.75) is 6.92 Å². The molecule has 8 heteroatoms. The molecule has 2 aromatic rings. The highest BCUT2D eigenvalue weighted by molar-refractivity contribution is 7.80. The van der Waals surface area contributed by atoms with Crippen molar-refractivity contribution in [2.75, 3.05) is 5.32 Å². The summed E-state index contributed by atoms with van der Waals surface area (Å²) in [4.78, 5) is 26.7. The van der Waals surface area contributed by atoms with Crippen molar-refractivity contribution >= 4 is 29.2 Å². The first-order chi connectivity index (χ1) is 10.0. The Morgan fingerprint density at radius 2 is 2.19 bits per heavy atom. The summed E-state index contributed by atoms with van der Waals surface area (Å²) in [5.41, 5.74) is 3.64. The predicted molar refractivity (Wildman–Crippen MR) is 85.8 cm³/mol. The van der Waals surface area contributed by atoms with Gasteiger partial charge in [-0.3, -0.25) is 15.2 Å². The van der Waals surface area contributed by atoms with Crippen LogP contribution in [0.2, 0.25) is 0 Å². The van der Waals surface area contributed by atoms with Crippen LogP contribution in [-0.4, -0.2) is 21.3 Å². The molecule has 2 rings (SSSR count). The first-order valence-corrected chi connectivity index (χ1v) is 6.44. The third-order valence-electron chi connectivity index (χ3n) is 2.49. The van der Waals surface area contributed by atoms with Gasteiger partial charge in [-0.1, -0.05) is 12.1 Å². The zero-order valence-electron chi connectivity index (χ0n) is 11.1. The number of aromatic nitrogens is 2. The van der Waals surface area contributed by atoms with Gasteiger partial charge in [0.15, 0.2) is 5.11 Å². The number of aryl methyl sites for hydroxylation is 1. The van der Waals surface area contributed by atoms with E-state index in [4.69, 9.17) is 12.2 Å². The van der Waals surface area contributed by atoms with Crippen LogP contribution >= 0.6 is 12.2 Å². The molecular weight excluding hydrogens is 290 g/mol. The van der Waals surface area contributed by atoms with Gasteiger partial charge in [-0.05, 0) is 36.8 Å². The van der Waals surface area contributed by atoms with Crippen LogP contribution in [0.25, 0.3) is 0 Å². The highest BCUT2D eigenvalue weighted by Gasteiger charge is 1.98. The molecule has 0 unspecified atom stereocenters. The van der Waals surface area contributed by atoms with E-state index in [1.807, 2.05) is 31.2 Å². The monoisotopic (exact) mass is 303 g/mol. The van der Waals surface area contributed by atoms with Crippen molar-refractivity contribution in [1.82, 2.24) is 15.4 Å². The zero-order chi connectivity index (χ0) is 15.2. The summed E-state index contributed by atoms with van der Waals surface area (Å²) in [6.07, 6.45) is 2.53. The number of rotatable bonds is 3. The number of aromatic amines is 2. The highest BCUT2D eigenvalue weighted by Crippen LogP contribution is 2.08. The van der Waals surface area contributed by atoms with E-state index >= 15 is 0 Å². The third-order valence-corrected chi connectivity index (χ3v) is 2.69. The van der Waals surface area contributed by atoms with Gasteiger partial charge in [0.1, 0.15) is 0 Å². The quantitative estimate of drug-likeness (QED) is 0.380. The maximum Gasteiger partial charge on any atom is 0.325 e. The van der Waals surface area contributed by atoms with E-state index in [2.05, 4.69) is 25.8 Å². The molecule has 0 aliphatic heterocycles. The Labute approximate surface area is 125 Å². The van der Waals surface area contributed by atoms with Crippen molar-refractivity contribution in [2.24, 2.45) is 5.10 Å². The Morgan fingerprint density at radius 3 is 2.90 bits per heavy atom. The SMILES string of the molecule is Cc1cccc(NC(=S)N/N=C/c2c[nH]c(=O)[nH]c2=O)c1. The maximum absolute atomic E-state index is 11.4. The number of hydrogen-bond donors (Lipinski definition) is 4. The van der Waals surface area contributed by atoms with E-state index < -0.39 is 11.2 Å².